The molecule has 2 aromatic rings. The van der Waals surface area contributed by atoms with E-state index in [0.717, 1.165) is 12.1 Å². The zero-order valence-corrected chi connectivity index (χ0v) is 11.9. The van der Waals surface area contributed by atoms with Crippen LogP contribution < -0.4 is 10.6 Å². The molecule has 0 bridgehead atoms. The number of hydrogen-bond acceptors (Lipinski definition) is 3. The summed E-state index contributed by atoms with van der Waals surface area (Å²) in [5, 5.41) is 5.40. The van der Waals surface area contributed by atoms with Crippen LogP contribution >= 0.6 is 23.2 Å². The Labute approximate surface area is 124 Å². The summed E-state index contributed by atoms with van der Waals surface area (Å²) in [6.45, 7) is 0. The first-order chi connectivity index (χ1) is 9.52. The molecule has 0 radical (unpaired) electrons. The number of nitrogens with one attached hydrogen (secondary N) is 2. The minimum atomic E-state index is -0.574. The van der Waals surface area contributed by atoms with Crippen LogP contribution in [0.15, 0.2) is 30.5 Å². The zero-order chi connectivity index (χ0) is 14.7. The maximum Gasteiger partial charge on any atom is 0.259 e. The van der Waals surface area contributed by atoms with E-state index in [1.807, 2.05) is 0 Å². The Kier molecular flexibility index (Phi) is 4.42. The predicted molar refractivity (Wildman–Crippen MR) is 78.2 cm³/mol. The van der Waals surface area contributed by atoms with Crippen LogP contribution in [0.2, 0.25) is 10.0 Å². The molecule has 0 atom stereocenters. The van der Waals surface area contributed by atoms with E-state index in [-0.39, 0.29) is 15.7 Å². The molecule has 1 aromatic carbocycles. The van der Waals surface area contributed by atoms with Gasteiger partial charge in [-0.3, -0.25) is 4.79 Å². The van der Waals surface area contributed by atoms with E-state index in [1.165, 1.54) is 0 Å². The molecule has 1 aromatic heterocycles. The van der Waals surface area contributed by atoms with E-state index in [9.17, 15) is 9.18 Å². The molecule has 1 amide bonds. The number of carbonyl (C=O) groups is 1. The molecule has 2 rings (SSSR count). The molecule has 4 nitrogen and oxygen atoms in total. The van der Waals surface area contributed by atoms with Crippen LogP contribution in [0.3, 0.4) is 0 Å². The molecule has 0 aliphatic rings. The molecule has 0 saturated carbocycles. The fourth-order valence-electron chi connectivity index (χ4n) is 1.63. The van der Waals surface area contributed by atoms with Crippen molar-refractivity contribution in [3.05, 3.63) is 51.9 Å². The minimum absolute atomic E-state index is 0.0262. The molecule has 0 spiro atoms. The Balaban J connectivity index is 2.33. The Morgan fingerprint density at radius 3 is 2.55 bits per heavy atom. The highest BCUT2D eigenvalue weighted by Gasteiger charge is 2.15. The maximum atomic E-state index is 13.1. The van der Waals surface area contributed by atoms with Crippen molar-refractivity contribution < 1.29 is 9.18 Å². The monoisotopic (exact) mass is 313 g/mol. The lowest BCUT2D eigenvalue weighted by Crippen LogP contribution is -2.15. The van der Waals surface area contributed by atoms with E-state index < -0.39 is 11.7 Å². The number of hydrogen-bond donors (Lipinski definition) is 2. The van der Waals surface area contributed by atoms with E-state index in [0.29, 0.717) is 11.4 Å². The molecule has 2 N–H and O–H groups in total. The van der Waals surface area contributed by atoms with Gasteiger partial charge < -0.3 is 10.6 Å². The molecular formula is C13H10Cl2FN3O. The summed E-state index contributed by atoms with van der Waals surface area (Å²) in [5.41, 5.74) is 0.483. The second-order valence-corrected chi connectivity index (χ2v) is 4.66. The van der Waals surface area contributed by atoms with E-state index >= 15 is 0 Å². The number of pyridine rings is 1. The lowest BCUT2D eigenvalue weighted by atomic mass is 10.2. The third kappa shape index (κ3) is 3.00. The molecule has 0 aliphatic carbocycles. The lowest BCUT2D eigenvalue weighted by Gasteiger charge is -2.11. The highest BCUT2D eigenvalue weighted by atomic mass is 35.5. The van der Waals surface area contributed by atoms with Gasteiger partial charge in [0.2, 0.25) is 0 Å². The molecule has 0 saturated heterocycles. The Morgan fingerprint density at radius 2 is 1.95 bits per heavy atom. The highest BCUT2D eigenvalue weighted by Crippen LogP contribution is 2.32. The van der Waals surface area contributed by atoms with E-state index in [1.54, 1.807) is 25.4 Å². The van der Waals surface area contributed by atoms with Gasteiger partial charge in [0.25, 0.3) is 5.91 Å². The average Bonchev–Trinajstić information content (AvgIpc) is 2.42. The fourth-order valence-corrected chi connectivity index (χ4v) is 2.19. The van der Waals surface area contributed by atoms with E-state index in [4.69, 9.17) is 23.2 Å². The van der Waals surface area contributed by atoms with Crippen molar-refractivity contribution in [2.24, 2.45) is 0 Å². The number of anilines is 2. The maximum absolute atomic E-state index is 13.1. The van der Waals surface area contributed by atoms with Gasteiger partial charge in [-0.2, -0.15) is 0 Å². The van der Waals surface area contributed by atoms with Gasteiger partial charge in [-0.15, -0.1) is 0 Å². The van der Waals surface area contributed by atoms with Crippen LogP contribution in [0.25, 0.3) is 0 Å². The normalized spacial score (nSPS) is 10.2. The van der Waals surface area contributed by atoms with Crippen LogP contribution in [0.4, 0.5) is 15.9 Å². The summed E-state index contributed by atoms with van der Waals surface area (Å²) in [5.74, 6) is -0.604. The molecule has 20 heavy (non-hydrogen) atoms. The van der Waals surface area contributed by atoms with Crippen molar-refractivity contribution in [1.82, 2.24) is 4.98 Å². The molecular weight excluding hydrogens is 304 g/mol. The van der Waals surface area contributed by atoms with Crippen LogP contribution in [0, 0.1) is 5.82 Å². The van der Waals surface area contributed by atoms with Crippen molar-refractivity contribution in [2.45, 2.75) is 0 Å². The van der Waals surface area contributed by atoms with Crippen LogP contribution in [-0.4, -0.2) is 17.9 Å². The topological polar surface area (TPSA) is 54.0 Å². The minimum Gasteiger partial charge on any atom is -0.372 e. The number of halogens is 3. The van der Waals surface area contributed by atoms with Crippen LogP contribution in [0.5, 0.6) is 0 Å². The molecule has 0 unspecified atom stereocenters. The largest absolute Gasteiger partial charge is 0.372 e. The zero-order valence-electron chi connectivity index (χ0n) is 10.4. The summed E-state index contributed by atoms with van der Waals surface area (Å²) < 4.78 is 13.1. The first kappa shape index (κ1) is 14.6. The molecule has 104 valence electrons. The summed E-state index contributed by atoms with van der Waals surface area (Å²) >= 11 is 11.7. The van der Waals surface area contributed by atoms with Crippen LogP contribution in [0.1, 0.15) is 10.4 Å². The van der Waals surface area contributed by atoms with Gasteiger partial charge in [0.15, 0.2) is 0 Å². The molecule has 1 heterocycles. The van der Waals surface area contributed by atoms with Gasteiger partial charge >= 0.3 is 0 Å². The van der Waals surface area contributed by atoms with Gasteiger partial charge in [-0.1, -0.05) is 23.2 Å². The second-order valence-electron chi connectivity index (χ2n) is 3.85. The summed E-state index contributed by atoms with van der Waals surface area (Å²) in [4.78, 5) is 16.2. The van der Waals surface area contributed by atoms with Crippen molar-refractivity contribution >= 4 is 40.6 Å². The first-order valence-corrected chi connectivity index (χ1v) is 6.37. The number of carbonyl (C=O) groups excluding carboxylic acids is 1. The number of nitrogens with zero attached hydrogens (tertiary/aromatic N) is 1. The first-order valence-electron chi connectivity index (χ1n) is 5.61. The molecule has 7 heteroatoms. The quantitative estimate of drug-likeness (QED) is 0.905. The Bertz CT molecular complexity index is 641. The number of rotatable bonds is 3. The number of amides is 1. The third-order valence-corrected chi connectivity index (χ3v) is 3.13. The second kappa shape index (κ2) is 6.07. The van der Waals surface area contributed by atoms with Gasteiger partial charge in [0, 0.05) is 13.2 Å². The summed E-state index contributed by atoms with van der Waals surface area (Å²) in [6, 6.07) is 5.37. The van der Waals surface area contributed by atoms with Gasteiger partial charge in [-0.05, 0) is 24.3 Å². The van der Waals surface area contributed by atoms with Crippen molar-refractivity contribution in [1.29, 1.82) is 0 Å². The molecule has 0 aliphatic heterocycles. The number of aromatic nitrogens is 1. The van der Waals surface area contributed by atoms with Crippen molar-refractivity contribution in [2.75, 3.05) is 17.7 Å². The average molecular weight is 314 g/mol. The predicted octanol–water partition coefficient (Wildman–Crippen LogP) is 3.82. The standard InChI is InChI=1S/C13H10Cl2FN3O/c1-17-12-8(3-2-4-18-12)13(20)19-11-9(14)5-7(16)6-10(11)15/h2-6H,1H3,(H,17,18)(H,19,20). The highest BCUT2D eigenvalue weighted by molar-refractivity contribution is 6.40. The summed E-state index contributed by atoms with van der Waals surface area (Å²) in [7, 11) is 1.65. The molecule has 0 fully saturated rings. The van der Waals surface area contributed by atoms with Gasteiger partial charge in [0.05, 0.1) is 21.3 Å². The third-order valence-electron chi connectivity index (χ3n) is 2.53. The Morgan fingerprint density at radius 1 is 1.30 bits per heavy atom. The van der Waals surface area contributed by atoms with E-state index in [2.05, 4.69) is 15.6 Å². The Hall–Kier alpha value is -1.85. The van der Waals surface area contributed by atoms with Gasteiger partial charge in [-0.25, -0.2) is 9.37 Å². The fraction of sp³-hybridized carbons (Fsp3) is 0.0769. The van der Waals surface area contributed by atoms with Crippen LogP contribution in [-0.2, 0) is 0 Å². The number of benzene rings is 1. The van der Waals surface area contributed by atoms with Crippen molar-refractivity contribution in [3.63, 3.8) is 0 Å². The lowest BCUT2D eigenvalue weighted by molar-refractivity contribution is 0.102. The van der Waals surface area contributed by atoms with Crippen molar-refractivity contribution in [3.8, 4) is 0 Å². The smallest absolute Gasteiger partial charge is 0.259 e. The van der Waals surface area contributed by atoms with Gasteiger partial charge in [0.1, 0.15) is 11.6 Å². The SMILES string of the molecule is CNc1ncccc1C(=O)Nc1c(Cl)cc(F)cc1Cl. The summed E-state index contributed by atoms with van der Waals surface area (Å²) in [6.07, 6.45) is 1.56.